The van der Waals surface area contributed by atoms with Crippen molar-refractivity contribution < 1.29 is 28.6 Å². The molecule has 8 nitrogen and oxygen atoms in total. The van der Waals surface area contributed by atoms with E-state index in [1.165, 1.54) is 0 Å². The van der Waals surface area contributed by atoms with Crippen LogP contribution in [0, 0.1) is 0 Å². The number of thioether (sulfide) groups is 1. The third-order valence-electron chi connectivity index (χ3n) is 4.92. The minimum absolute atomic E-state index is 0.101. The molecule has 0 atom stereocenters. The summed E-state index contributed by atoms with van der Waals surface area (Å²) < 4.78 is 16.2. The number of nitrogens with one attached hydrogen (secondary N) is 1. The van der Waals surface area contributed by atoms with Crippen LogP contribution in [0.3, 0.4) is 0 Å². The summed E-state index contributed by atoms with van der Waals surface area (Å²) in [6.07, 6.45) is 1.85. The number of carbonyl (C=O) groups excluding carboxylic acids is 3. The number of methoxy groups -OCH3 is 1. The van der Waals surface area contributed by atoms with Gasteiger partial charge in [-0.15, -0.1) is 0 Å². The predicted octanol–water partition coefficient (Wildman–Crippen LogP) is 3.89. The topological polar surface area (TPSA) is 94.2 Å². The zero-order valence-electron chi connectivity index (χ0n) is 19.5. The van der Waals surface area contributed by atoms with Crippen molar-refractivity contribution in [3.05, 3.63) is 58.5 Å². The predicted molar refractivity (Wildman–Crippen MR) is 131 cm³/mol. The van der Waals surface area contributed by atoms with Crippen LogP contribution >= 0.6 is 11.8 Å². The van der Waals surface area contributed by atoms with Gasteiger partial charge in [0.1, 0.15) is 5.75 Å². The number of carbonyl (C=O) groups is 3. The molecule has 1 saturated heterocycles. The molecule has 9 heteroatoms. The number of nitrogens with zero attached hydrogens (tertiary/aromatic N) is 1. The van der Waals surface area contributed by atoms with E-state index in [1.54, 1.807) is 31.4 Å². The summed E-state index contributed by atoms with van der Waals surface area (Å²) in [6.45, 7) is 5.15. The Morgan fingerprint density at radius 2 is 1.76 bits per heavy atom. The van der Waals surface area contributed by atoms with Crippen molar-refractivity contribution in [3.63, 3.8) is 0 Å². The molecule has 0 radical (unpaired) electrons. The second kappa shape index (κ2) is 12.1. The van der Waals surface area contributed by atoms with E-state index in [4.69, 9.17) is 14.2 Å². The maximum Gasteiger partial charge on any atom is 0.293 e. The van der Waals surface area contributed by atoms with E-state index in [1.807, 2.05) is 38.1 Å². The molecular weight excluding hydrogens is 456 g/mol. The summed E-state index contributed by atoms with van der Waals surface area (Å²) in [5, 5.41) is 2.40. The van der Waals surface area contributed by atoms with E-state index in [0.717, 1.165) is 33.5 Å². The summed E-state index contributed by atoms with van der Waals surface area (Å²) in [4.78, 5) is 38.8. The highest BCUT2D eigenvalue weighted by molar-refractivity contribution is 8.18. The number of hydrogen-bond acceptors (Lipinski definition) is 7. The summed E-state index contributed by atoms with van der Waals surface area (Å²) in [5.41, 5.74) is 1.57. The molecular formula is C25H28N2O6S. The maximum absolute atomic E-state index is 12.7. The van der Waals surface area contributed by atoms with Crippen LogP contribution in [0.15, 0.2) is 47.4 Å². The zero-order valence-corrected chi connectivity index (χ0v) is 20.3. The molecule has 1 N–H and O–H groups in total. The number of rotatable bonds is 11. The average Bonchev–Trinajstić information content (AvgIpc) is 3.09. The van der Waals surface area contributed by atoms with Gasteiger partial charge < -0.3 is 19.5 Å². The molecule has 3 rings (SSSR count). The van der Waals surface area contributed by atoms with Crippen LogP contribution in [-0.2, 0) is 16.0 Å². The van der Waals surface area contributed by atoms with E-state index in [0.29, 0.717) is 29.6 Å². The lowest BCUT2D eigenvalue weighted by Gasteiger charge is -2.13. The number of amides is 3. The van der Waals surface area contributed by atoms with Crippen molar-refractivity contribution >= 4 is 34.9 Å². The third-order valence-corrected chi connectivity index (χ3v) is 5.82. The molecule has 0 spiro atoms. The van der Waals surface area contributed by atoms with Crippen LogP contribution in [0.5, 0.6) is 17.2 Å². The number of hydrogen-bond donors (Lipinski definition) is 1. The van der Waals surface area contributed by atoms with Crippen molar-refractivity contribution in [2.75, 3.05) is 33.4 Å². The number of ether oxygens (including phenoxy) is 3. The van der Waals surface area contributed by atoms with Gasteiger partial charge in [0.05, 0.1) is 31.6 Å². The molecule has 3 amide bonds. The van der Waals surface area contributed by atoms with Crippen LogP contribution in [0.25, 0.3) is 6.08 Å². The summed E-state index contributed by atoms with van der Waals surface area (Å²) in [6, 6.07) is 12.6. The van der Waals surface area contributed by atoms with Gasteiger partial charge in [0, 0.05) is 13.1 Å². The maximum atomic E-state index is 12.7. The Morgan fingerprint density at radius 1 is 1.03 bits per heavy atom. The van der Waals surface area contributed by atoms with E-state index in [2.05, 4.69) is 5.32 Å². The summed E-state index contributed by atoms with van der Waals surface area (Å²) in [7, 11) is 1.54. The van der Waals surface area contributed by atoms with Crippen molar-refractivity contribution in [1.82, 2.24) is 10.2 Å². The average molecular weight is 485 g/mol. The first kappa shape index (κ1) is 25.2. The lowest BCUT2D eigenvalue weighted by molar-refractivity contribution is -0.124. The van der Waals surface area contributed by atoms with Crippen LogP contribution in [0.4, 0.5) is 4.79 Å². The van der Waals surface area contributed by atoms with Crippen molar-refractivity contribution in [3.8, 4) is 17.2 Å². The van der Waals surface area contributed by atoms with Crippen LogP contribution < -0.4 is 19.5 Å². The molecule has 0 unspecified atom stereocenters. The van der Waals surface area contributed by atoms with Gasteiger partial charge in [-0.3, -0.25) is 19.3 Å². The van der Waals surface area contributed by atoms with Gasteiger partial charge in [0.15, 0.2) is 11.5 Å². The molecule has 0 aliphatic carbocycles. The van der Waals surface area contributed by atoms with Crippen LogP contribution in [0.1, 0.15) is 25.0 Å². The highest BCUT2D eigenvalue weighted by Crippen LogP contribution is 2.34. The standard InChI is InChI=1S/C25H28N2O6S/c1-4-32-19-9-6-17(7-10-19)16-23(28)26-12-13-27-24(29)22(34-25(27)30)15-18-8-11-20(33-5-2)21(14-18)31-3/h6-11,14-15H,4-5,12-13,16H2,1-3H3,(H,26,28)/b22-15-. The van der Waals surface area contributed by atoms with Crippen molar-refractivity contribution in [2.45, 2.75) is 20.3 Å². The normalized spacial score (nSPS) is 14.4. The highest BCUT2D eigenvalue weighted by atomic mass is 32.2. The van der Waals surface area contributed by atoms with E-state index >= 15 is 0 Å². The van der Waals surface area contributed by atoms with Crippen LogP contribution in [-0.4, -0.2) is 55.4 Å². The molecule has 180 valence electrons. The summed E-state index contributed by atoms with van der Waals surface area (Å²) in [5.74, 6) is 1.33. The largest absolute Gasteiger partial charge is 0.494 e. The molecule has 1 fully saturated rings. The Morgan fingerprint density at radius 3 is 2.44 bits per heavy atom. The van der Waals surface area contributed by atoms with Gasteiger partial charge in [-0.05, 0) is 67.1 Å². The van der Waals surface area contributed by atoms with Gasteiger partial charge in [-0.2, -0.15) is 0 Å². The van der Waals surface area contributed by atoms with Crippen molar-refractivity contribution in [2.24, 2.45) is 0 Å². The fourth-order valence-electron chi connectivity index (χ4n) is 3.32. The molecule has 1 heterocycles. The Bertz CT molecular complexity index is 1070. The van der Waals surface area contributed by atoms with Crippen LogP contribution in [0.2, 0.25) is 0 Å². The van der Waals surface area contributed by atoms with Gasteiger partial charge in [-0.1, -0.05) is 18.2 Å². The van der Waals surface area contributed by atoms with Crippen molar-refractivity contribution in [1.29, 1.82) is 0 Å². The van der Waals surface area contributed by atoms with E-state index in [-0.39, 0.29) is 36.6 Å². The van der Waals surface area contributed by atoms with Gasteiger partial charge in [0.25, 0.3) is 11.1 Å². The molecule has 0 saturated carbocycles. The zero-order chi connectivity index (χ0) is 24.5. The fourth-order valence-corrected chi connectivity index (χ4v) is 4.18. The first-order chi connectivity index (χ1) is 16.4. The molecule has 2 aromatic rings. The first-order valence-electron chi connectivity index (χ1n) is 11.0. The second-order valence-electron chi connectivity index (χ2n) is 7.28. The Hall–Kier alpha value is -3.46. The minimum atomic E-state index is -0.386. The molecule has 1 aliphatic heterocycles. The van der Waals surface area contributed by atoms with E-state index < -0.39 is 0 Å². The summed E-state index contributed by atoms with van der Waals surface area (Å²) >= 11 is 0.873. The minimum Gasteiger partial charge on any atom is -0.494 e. The smallest absolute Gasteiger partial charge is 0.293 e. The fraction of sp³-hybridized carbons (Fsp3) is 0.320. The monoisotopic (exact) mass is 484 g/mol. The lowest BCUT2D eigenvalue weighted by Crippen LogP contribution is -2.37. The molecule has 0 aromatic heterocycles. The molecule has 2 aromatic carbocycles. The van der Waals surface area contributed by atoms with Gasteiger partial charge in [0.2, 0.25) is 5.91 Å². The highest BCUT2D eigenvalue weighted by Gasteiger charge is 2.34. The SMILES string of the molecule is CCOc1ccc(CC(=O)NCCN2C(=O)S/C(=C\c3ccc(OCC)c(OC)c3)C2=O)cc1. The quantitative estimate of drug-likeness (QED) is 0.484. The first-order valence-corrected chi connectivity index (χ1v) is 11.8. The van der Waals surface area contributed by atoms with Gasteiger partial charge >= 0.3 is 0 Å². The lowest BCUT2D eigenvalue weighted by atomic mass is 10.1. The molecule has 0 bridgehead atoms. The number of imide groups is 1. The van der Waals surface area contributed by atoms with E-state index in [9.17, 15) is 14.4 Å². The van der Waals surface area contributed by atoms with Gasteiger partial charge in [-0.25, -0.2) is 0 Å². The molecule has 1 aliphatic rings. The Balaban J connectivity index is 1.54. The second-order valence-corrected chi connectivity index (χ2v) is 8.27. The Kier molecular flexibility index (Phi) is 8.98. The third kappa shape index (κ3) is 6.54. The Labute approximate surface area is 203 Å². The molecule has 34 heavy (non-hydrogen) atoms. The number of benzene rings is 2.